The van der Waals surface area contributed by atoms with E-state index in [2.05, 4.69) is 10.2 Å². The smallest absolute Gasteiger partial charge is 0.339 e. The van der Waals surface area contributed by atoms with Gasteiger partial charge >= 0.3 is 5.97 Å². The number of aromatic carboxylic acids is 1. The summed E-state index contributed by atoms with van der Waals surface area (Å²) in [5, 5.41) is 16.1. The van der Waals surface area contributed by atoms with Crippen LogP contribution in [0.5, 0.6) is 11.5 Å². The first-order valence-corrected chi connectivity index (χ1v) is 6.27. The summed E-state index contributed by atoms with van der Waals surface area (Å²) < 4.78 is 11.0. The molecule has 0 amide bonds. The van der Waals surface area contributed by atoms with Crippen molar-refractivity contribution < 1.29 is 19.4 Å². The zero-order valence-electron chi connectivity index (χ0n) is 11.2. The number of rotatable bonds is 2. The first kappa shape index (κ1) is 12.5. The van der Waals surface area contributed by atoms with Gasteiger partial charge in [0.05, 0.1) is 0 Å². The number of ether oxygens (including phenoxy) is 2. The first-order chi connectivity index (χ1) is 9.58. The minimum Gasteiger partial charge on any atom is -0.486 e. The Bertz CT molecular complexity index is 691. The van der Waals surface area contributed by atoms with Crippen molar-refractivity contribution in [3.8, 4) is 22.8 Å². The van der Waals surface area contributed by atoms with E-state index in [9.17, 15) is 9.90 Å². The molecule has 2 N–H and O–H groups in total. The fourth-order valence-corrected chi connectivity index (χ4v) is 2.33. The molecule has 0 bridgehead atoms. The van der Waals surface area contributed by atoms with Crippen molar-refractivity contribution in [1.29, 1.82) is 0 Å². The molecule has 104 valence electrons. The van der Waals surface area contributed by atoms with E-state index in [4.69, 9.17) is 9.47 Å². The zero-order chi connectivity index (χ0) is 14.3. The average molecular weight is 274 g/mol. The molecule has 2 heterocycles. The maximum Gasteiger partial charge on any atom is 0.339 e. The van der Waals surface area contributed by atoms with Crippen molar-refractivity contribution in [1.82, 2.24) is 10.2 Å². The molecule has 0 spiro atoms. The predicted molar refractivity (Wildman–Crippen MR) is 71.4 cm³/mol. The lowest BCUT2D eigenvalue weighted by molar-refractivity contribution is 0.0697. The highest BCUT2D eigenvalue weighted by atomic mass is 16.6. The third-order valence-corrected chi connectivity index (χ3v) is 3.31. The molecule has 1 aliphatic rings. The summed E-state index contributed by atoms with van der Waals surface area (Å²) in [5.41, 5.74) is 2.76. The SMILES string of the molecule is Cc1cc2c(cc1-c1n[nH]c(C)c1C(=O)O)OCCO2. The van der Waals surface area contributed by atoms with Crippen molar-refractivity contribution in [2.24, 2.45) is 0 Å². The van der Waals surface area contributed by atoms with Crippen LogP contribution in [0.1, 0.15) is 21.6 Å². The second kappa shape index (κ2) is 4.56. The molecule has 1 aliphatic heterocycles. The lowest BCUT2D eigenvalue weighted by Crippen LogP contribution is -2.15. The van der Waals surface area contributed by atoms with Crippen molar-refractivity contribution in [2.45, 2.75) is 13.8 Å². The largest absolute Gasteiger partial charge is 0.486 e. The van der Waals surface area contributed by atoms with Crippen LogP contribution >= 0.6 is 0 Å². The van der Waals surface area contributed by atoms with Gasteiger partial charge in [-0.2, -0.15) is 5.10 Å². The first-order valence-electron chi connectivity index (χ1n) is 6.27. The van der Waals surface area contributed by atoms with Gasteiger partial charge in [-0.25, -0.2) is 4.79 Å². The van der Waals surface area contributed by atoms with Crippen LogP contribution in [0, 0.1) is 13.8 Å². The molecule has 0 aliphatic carbocycles. The number of aryl methyl sites for hydroxylation is 2. The maximum absolute atomic E-state index is 11.4. The molecule has 0 saturated heterocycles. The normalized spacial score (nSPS) is 13.3. The van der Waals surface area contributed by atoms with Gasteiger partial charge in [0.2, 0.25) is 0 Å². The Balaban J connectivity index is 2.18. The Hall–Kier alpha value is -2.50. The minimum atomic E-state index is -1.000. The third kappa shape index (κ3) is 1.89. The molecule has 2 aromatic rings. The maximum atomic E-state index is 11.4. The van der Waals surface area contributed by atoms with Crippen molar-refractivity contribution >= 4 is 5.97 Å². The third-order valence-electron chi connectivity index (χ3n) is 3.31. The van der Waals surface area contributed by atoms with E-state index < -0.39 is 5.97 Å². The van der Waals surface area contributed by atoms with Crippen LogP contribution < -0.4 is 9.47 Å². The van der Waals surface area contributed by atoms with Crippen molar-refractivity contribution in [3.05, 3.63) is 29.0 Å². The van der Waals surface area contributed by atoms with Crippen LogP contribution in [0.3, 0.4) is 0 Å². The highest BCUT2D eigenvalue weighted by Crippen LogP contribution is 2.37. The van der Waals surface area contributed by atoms with E-state index in [1.165, 1.54) is 0 Å². The number of H-pyrrole nitrogens is 1. The number of carboxylic acid groups (broad SMARTS) is 1. The van der Waals surface area contributed by atoms with Gasteiger partial charge in [0.15, 0.2) is 11.5 Å². The summed E-state index contributed by atoms with van der Waals surface area (Å²) in [7, 11) is 0. The van der Waals surface area contributed by atoms with Crippen LogP contribution in [-0.4, -0.2) is 34.5 Å². The summed E-state index contributed by atoms with van der Waals surface area (Å²) >= 11 is 0. The van der Waals surface area contributed by atoms with Crippen LogP contribution in [-0.2, 0) is 0 Å². The second-order valence-corrected chi connectivity index (χ2v) is 4.69. The summed E-state index contributed by atoms with van der Waals surface area (Å²) in [6, 6.07) is 3.63. The van der Waals surface area contributed by atoms with Gasteiger partial charge in [-0.3, -0.25) is 5.10 Å². The predicted octanol–water partition coefficient (Wildman–Crippen LogP) is 2.16. The van der Waals surface area contributed by atoms with Crippen molar-refractivity contribution in [3.63, 3.8) is 0 Å². The monoisotopic (exact) mass is 274 g/mol. The van der Waals surface area contributed by atoms with Crippen molar-refractivity contribution in [2.75, 3.05) is 13.2 Å². The highest BCUT2D eigenvalue weighted by molar-refractivity contribution is 5.96. The molecule has 1 aromatic heterocycles. The van der Waals surface area contributed by atoms with Gasteiger partial charge in [-0.15, -0.1) is 0 Å². The number of hydrogen-bond donors (Lipinski definition) is 2. The van der Waals surface area contributed by atoms with Crippen LogP contribution in [0.15, 0.2) is 12.1 Å². The molecule has 3 rings (SSSR count). The molecule has 0 unspecified atom stereocenters. The van der Waals surface area contributed by atoms with Gasteiger partial charge in [-0.1, -0.05) is 0 Å². The number of aromatic nitrogens is 2. The van der Waals surface area contributed by atoms with Gasteiger partial charge in [0.1, 0.15) is 24.5 Å². The van der Waals surface area contributed by atoms with E-state index in [1.54, 1.807) is 13.0 Å². The number of nitrogens with zero attached hydrogens (tertiary/aromatic N) is 1. The zero-order valence-corrected chi connectivity index (χ0v) is 11.2. The Morgan fingerprint density at radius 1 is 1.25 bits per heavy atom. The Morgan fingerprint density at radius 3 is 2.55 bits per heavy atom. The Labute approximate surface area is 115 Å². The molecule has 20 heavy (non-hydrogen) atoms. The second-order valence-electron chi connectivity index (χ2n) is 4.69. The molecule has 0 fully saturated rings. The highest BCUT2D eigenvalue weighted by Gasteiger charge is 2.22. The van der Waals surface area contributed by atoms with Gasteiger partial charge in [0, 0.05) is 11.3 Å². The molecule has 1 aromatic carbocycles. The van der Waals surface area contributed by atoms with Gasteiger partial charge in [0.25, 0.3) is 0 Å². The van der Waals surface area contributed by atoms with Crippen LogP contribution in [0.2, 0.25) is 0 Å². The number of nitrogens with one attached hydrogen (secondary N) is 1. The summed E-state index contributed by atoms with van der Waals surface area (Å²) in [4.78, 5) is 11.4. The quantitative estimate of drug-likeness (QED) is 0.876. The molecule has 0 atom stereocenters. The number of benzene rings is 1. The number of hydrogen-bond acceptors (Lipinski definition) is 4. The number of carboxylic acids is 1. The van der Waals surface area contributed by atoms with Gasteiger partial charge < -0.3 is 14.6 Å². The van der Waals surface area contributed by atoms with E-state index in [0.29, 0.717) is 36.1 Å². The molecular weight excluding hydrogens is 260 g/mol. The number of fused-ring (bicyclic) bond motifs is 1. The fraction of sp³-hybridized carbons (Fsp3) is 0.286. The molecule has 6 heteroatoms. The van der Waals surface area contributed by atoms with E-state index in [1.807, 2.05) is 13.0 Å². The summed E-state index contributed by atoms with van der Waals surface area (Å²) in [6.45, 7) is 4.59. The fourth-order valence-electron chi connectivity index (χ4n) is 2.33. The van der Waals surface area contributed by atoms with E-state index in [0.717, 1.165) is 11.1 Å². The summed E-state index contributed by atoms with van der Waals surface area (Å²) in [5.74, 6) is 0.302. The molecule has 0 radical (unpaired) electrons. The minimum absolute atomic E-state index is 0.185. The lowest BCUT2D eigenvalue weighted by Gasteiger charge is -2.20. The Kier molecular flexibility index (Phi) is 2.85. The van der Waals surface area contributed by atoms with Crippen LogP contribution in [0.25, 0.3) is 11.3 Å². The number of carbonyl (C=O) groups is 1. The molecule has 0 saturated carbocycles. The summed E-state index contributed by atoms with van der Waals surface area (Å²) in [6.07, 6.45) is 0. The number of aromatic amines is 1. The lowest BCUT2D eigenvalue weighted by atomic mass is 10.0. The Morgan fingerprint density at radius 2 is 1.90 bits per heavy atom. The van der Waals surface area contributed by atoms with Crippen LogP contribution in [0.4, 0.5) is 0 Å². The van der Waals surface area contributed by atoms with Gasteiger partial charge in [-0.05, 0) is 31.5 Å². The van der Waals surface area contributed by atoms with E-state index in [-0.39, 0.29) is 5.56 Å². The standard InChI is InChI=1S/C14H14N2O4/c1-7-5-10-11(20-4-3-19-10)6-9(7)13-12(14(17)18)8(2)15-16-13/h5-6H,3-4H2,1-2H3,(H,15,16)(H,17,18). The molecular formula is C14H14N2O4. The topological polar surface area (TPSA) is 84.4 Å². The van der Waals surface area contributed by atoms with E-state index >= 15 is 0 Å². The molecule has 6 nitrogen and oxygen atoms in total. The average Bonchev–Trinajstić information content (AvgIpc) is 2.79.